The highest BCUT2D eigenvalue weighted by Crippen LogP contribution is 2.22. The Kier molecular flexibility index (Phi) is 4.25. The lowest BCUT2D eigenvalue weighted by Crippen LogP contribution is -2.30. The van der Waals surface area contributed by atoms with Gasteiger partial charge in [0.2, 0.25) is 0 Å². The summed E-state index contributed by atoms with van der Waals surface area (Å²) < 4.78 is 0. The Balaban J connectivity index is 2.26. The molecule has 0 saturated carbocycles. The summed E-state index contributed by atoms with van der Waals surface area (Å²) in [5, 5.41) is 0.645. The number of hydrazine groups is 1. The minimum Gasteiger partial charge on any atom is -0.271 e. The maximum atomic E-state index is 6.10. The second-order valence-electron chi connectivity index (χ2n) is 4.10. The van der Waals surface area contributed by atoms with Gasteiger partial charge in [-0.3, -0.25) is 21.2 Å². The first kappa shape index (κ1) is 13.0. The van der Waals surface area contributed by atoms with Crippen LogP contribution in [0.25, 0.3) is 0 Å². The lowest BCUT2D eigenvalue weighted by atomic mass is 10.0. The van der Waals surface area contributed by atoms with E-state index in [0.29, 0.717) is 11.4 Å². The molecule has 94 valence electrons. The van der Waals surface area contributed by atoms with Gasteiger partial charge in [-0.05, 0) is 36.6 Å². The van der Waals surface area contributed by atoms with Gasteiger partial charge in [-0.1, -0.05) is 17.7 Å². The molecule has 0 aliphatic carbocycles. The molecule has 0 aromatic carbocycles. The fourth-order valence-corrected chi connectivity index (χ4v) is 2.08. The van der Waals surface area contributed by atoms with Crippen molar-refractivity contribution in [2.75, 3.05) is 0 Å². The van der Waals surface area contributed by atoms with E-state index in [9.17, 15) is 0 Å². The molecule has 4 nitrogen and oxygen atoms in total. The highest BCUT2D eigenvalue weighted by Gasteiger charge is 2.15. The maximum absolute atomic E-state index is 6.10. The molecule has 0 saturated heterocycles. The van der Waals surface area contributed by atoms with Crippen LogP contribution in [0.5, 0.6) is 0 Å². The molecule has 2 aromatic rings. The molecule has 18 heavy (non-hydrogen) atoms. The van der Waals surface area contributed by atoms with Crippen LogP contribution in [0.4, 0.5) is 0 Å². The van der Waals surface area contributed by atoms with E-state index in [2.05, 4.69) is 15.4 Å². The summed E-state index contributed by atoms with van der Waals surface area (Å²) >= 11 is 6.10. The molecular weight excluding hydrogens is 248 g/mol. The van der Waals surface area contributed by atoms with Crippen molar-refractivity contribution >= 4 is 11.6 Å². The van der Waals surface area contributed by atoms with E-state index >= 15 is 0 Å². The van der Waals surface area contributed by atoms with Crippen LogP contribution in [-0.4, -0.2) is 9.97 Å². The molecule has 0 aliphatic heterocycles. The SMILES string of the molecule is Cc1cccnc1C(Cc1ccncc1Cl)NN. The Bertz CT molecular complexity index is 530. The van der Waals surface area contributed by atoms with Crippen molar-refractivity contribution in [2.24, 2.45) is 5.84 Å². The Labute approximate surface area is 111 Å². The van der Waals surface area contributed by atoms with Crippen LogP contribution in [0.3, 0.4) is 0 Å². The van der Waals surface area contributed by atoms with Crippen molar-refractivity contribution in [3.8, 4) is 0 Å². The van der Waals surface area contributed by atoms with E-state index in [-0.39, 0.29) is 6.04 Å². The van der Waals surface area contributed by atoms with Crippen molar-refractivity contribution in [2.45, 2.75) is 19.4 Å². The summed E-state index contributed by atoms with van der Waals surface area (Å²) in [6.07, 6.45) is 5.80. The van der Waals surface area contributed by atoms with Crippen molar-refractivity contribution in [1.82, 2.24) is 15.4 Å². The number of nitrogens with zero attached hydrogens (tertiary/aromatic N) is 2. The smallest absolute Gasteiger partial charge is 0.0675 e. The summed E-state index contributed by atoms with van der Waals surface area (Å²) in [6, 6.07) is 5.75. The fraction of sp³-hybridized carbons (Fsp3) is 0.231. The van der Waals surface area contributed by atoms with Gasteiger partial charge in [0.1, 0.15) is 0 Å². The van der Waals surface area contributed by atoms with Crippen molar-refractivity contribution in [1.29, 1.82) is 0 Å². The van der Waals surface area contributed by atoms with Crippen LogP contribution in [-0.2, 0) is 6.42 Å². The van der Waals surface area contributed by atoms with Gasteiger partial charge in [-0.25, -0.2) is 0 Å². The Morgan fingerprint density at radius 1 is 1.39 bits per heavy atom. The van der Waals surface area contributed by atoms with Crippen molar-refractivity contribution < 1.29 is 0 Å². The molecule has 0 bridgehead atoms. The first-order chi connectivity index (χ1) is 8.72. The third-order valence-corrected chi connectivity index (χ3v) is 3.20. The molecule has 0 spiro atoms. The average Bonchev–Trinajstić information content (AvgIpc) is 2.39. The monoisotopic (exact) mass is 262 g/mol. The summed E-state index contributed by atoms with van der Waals surface area (Å²) in [6.45, 7) is 2.01. The molecular formula is C13H15ClN4. The predicted octanol–water partition coefficient (Wildman–Crippen LogP) is 2.19. The van der Waals surface area contributed by atoms with Crippen molar-refractivity contribution in [3.05, 3.63) is 58.6 Å². The number of aryl methyl sites for hydroxylation is 1. The molecule has 2 aromatic heterocycles. The fourth-order valence-electron chi connectivity index (χ4n) is 1.89. The van der Waals surface area contributed by atoms with E-state index in [4.69, 9.17) is 17.4 Å². The van der Waals surface area contributed by atoms with Crippen molar-refractivity contribution in [3.63, 3.8) is 0 Å². The van der Waals surface area contributed by atoms with E-state index in [1.54, 1.807) is 18.6 Å². The molecule has 0 fully saturated rings. The second-order valence-corrected chi connectivity index (χ2v) is 4.50. The van der Waals surface area contributed by atoms with Gasteiger partial charge in [0, 0.05) is 18.6 Å². The van der Waals surface area contributed by atoms with Crippen LogP contribution < -0.4 is 11.3 Å². The minimum absolute atomic E-state index is 0.0638. The number of rotatable bonds is 4. The Hall–Kier alpha value is -1.49. The molecule has 0 aliphatic rings. The van der Waals surface area contributed by atoms with Crippen LogP contribution >= 0.6 is 11.6 Å². The Morgan fingerprint density at radius 3 is 2.89 bits per heavy atom. The average molecular weight is 263 g/mol. The number of hydrogen-bond donors (Lipinski definition) is 2. The zero-order chi connectivity index (χ0) is 13.0. The van der Waals surface area contributed by atoms with Gasteiger partial charge in [-0.2, -0.15) is 0 Å². The molecule has 5 heteroatoms. The number of nitrogens with two attached hydrogens (primary N) is 1. The molecule has 3 N–H and O–H groups in total. The summed E-state index contributed by atoms with van der Waals surface area (Å²) in [5.41, 5.74) is 5.83. The zero-order valence-corrected chi connectivity index (χ0v) is 10.9. The van der Waals surface area contributed by atoms with Gasteiger partial charge in [0.15, 0.2) is 0 Å². The maximum Gasteiger partial charge on any atom is 0.0675 e. The molecule has 2 heterocycles. The lowest BCUT2D eigenvalue weighted by molar-refractivity contribution is 0.535. The van der Waals surface area contributed by atoms with Crippen LogP contribution in [0.15, 0.2) is 36.8 Å². The van der Waals surface area contributed by atoms with Gasteiger partial charge in [0.05, 0.1) is 16.8 Å². The van der Waals surface area contributed by atoms with Gasteiger partial charge < -0.3 is 0 Å². The van der Waals surface area contributed by atoms with E-state index in [0.717, 1.165) is 16.8 Å². The third kappa shape index (κ3) is 2.85. The quantitative estimate of drug-likeness (QED) is 0.655. The Morgan fingerprint density at radius 2 is 2.22 bits per heavy atom. The summed E-state index contributed by atoms with van der Waals surface area (Å²) in [5.74, 6) is 5.62. The van der Waals surface area contributed by atoms with Gasteiger partial charge in [-0.15, -0.1) is 0 Å². The standard InChI is InChI=1S/C13H15ClN4/c1-9-3-2-5-17-13(9)12(18-15)7-10-4-6-16-8-11(10)14/h2-6,8,12,18H,7,15H2,1H3. The van der Waals surface area contributed by atoms with Crippen LogP contribution in [0.2, 0.25) is 5.02 Å². The first-order valence-electron chi connectivity index (χ1n) is 5.68. The number of aromatic nitrogens is 2. The summed E-state index contributed by atoms with van der Waals surface area (Å²) in [7, 11) is 0. The predicted molar refractivity (Wildman–Crippen MR) is 72.0 cm³/mol. The van der Waals surface area contributed by atoms with E-state index in [1.165, 1.54) is 0 Å². The highest BCUT2D eigenvalue weighted by atomic mass is 35.5. The summed E-state index contributed by atoms with van der Waals surface area (Å²) in [4.78, 5) is 8.34. The number of hydrogen-bond acceptors (Lipinski definition) is 4. The number of halogens is 1. The van der Waals surface area contributed by atoms with Crippen LogP contribution in [0, 0.1) is 6.92 Å². The number of nitrogens with one attached hydrogen (secondary N) is 1. The minimum atomic E-state index is -0.0638. The molecule has 1 unspecified atom stereocenters. The van der Waals surface area contributed by atoms with E-state index in [1.807, 2.05) is 25.1 Å². The third-order valence-electron chi connectivity index (χ3n) is 2.86. The van der Waals surface area contributed by atoms with Gasteiger partial charge >= 0.3 is 0 Å². The second kappa shape index (κ2) is 5.91. The molecule has 2 rings (SSSR count). The van der Waals surface area contributed by atoms with E-state index < -0.39 is 0 Å². The number of pyridine rings is 2. The topological polar surface area (TPSA) is 63.8 Å². The molecule has 0 radical (unpaired) electrons. The zero-order valence-electron chi connectivity index (χ0n) is 10.1. The first-order valence-corrected chi connectivity index (χ1v) is 6.06. The normalized spacial score (nSPS) is 12.4. The lowest BCUT2D eigenvalue weighted by Gasteiger charge is -2.17. The van der Waals surface area contributed by atoms with Crippen LogP contribution in [0.1, 0.15) is 22.9 Å². The van der Waals surface area contributed by atoms with Gasteiger partial charge in [0.25, 0.3) is 0 Å². The largest absolute Gasteiger partial charge is 0.271 e. The molecule has 1 atom stereocenters. The molecule has 0 amide bonds. The highest BCUT2D eigenvalue weighted by molar-refractivity contribution is 6.31.